The molecule has 0 spiro atoms. The van der Waals surface area contributed by atoms with E-state index in [-0.39, 0.29) is 11.7 Å². The van der Waals surface area contributed by atoms with Crippen LogP contribution < -0.4 is 0 Å². The number of nitrogens with zero attached hydrogens (tertiary/aromatic N) is 5. The van der Waals surface area contributed by atoms with Crippen molar-refractivity contribution in [3.8, 4) is 6.07 Å². The topological polar surface area (TPSA) is 74.8 Å². The van der Waals surface area contributed by atoms with Gasteiger partial charge in [-0.2, -0.15) is 5.26 Å². The summed E-state index contributed by atoms with van der Waals surface area (Å²) in [7, 11) is 3.43. The number of benzene rings is 1. The van der Waals surface area contributed by atoms with Crippen molar-refractivity contribution in [2.45, 2.75) is 6.54 Å². The van der Waals surface area contributed by atoms with Crippen LogP contribution in [0.15, 0.2) is 30.6 Å². The summed E-state index contributed by atoms with van der Waals surface area (Å²) >= 11 is 0. The molecular weight excluding hydrogens is 242 g/mol. The van der Waals surface area contributed by atoms with E-state index < -0.39 is 0 Å². The number of hydrogen-bond donors (Lipinski definition) is 0. The number of hydrogen-bond acceptors (Lipinski definition) is 4. The first-order chi connectivity index (χ1) is 9.10. The van der Waals surface area contributed by atoms with E-state index in [0.29, 0.717) is 12.1 Å². The third-order valence-corrected chi connectivity index (χ3v) is 2.59. The van der Waals surface area contributed by atoms with E-state index >= 15 is 0 Å². The lowest BCUT2D eigenvalue weighted by molar-refractivity contribution is 0.0827. The van der Waals surface area contributed by atoms with Gasteiger partial charge >= 0.3 is 0 Å². The molecule has 0 unspecified atom stereocenters. The zero-order chi connectivity index (χ0) is 13.8. The van der Waals surface area contributed by atoms with Crippen LogP contribution in [0, 0.1) is 11.3 Å². The van der Waals surface area contributed by atoms with Crippen molar-refractivity contribution in [3.63, 3.8) is 0 Å². The minimum atomic E-state index is -0.0286. The van der Waals surface area contributed by atoms with Gasteiger partial charge in [0.2, 0.25) is 0 Å². The second-order valence-electron chi connectivity index (χ2n) is 4.27. The highest BCUT2D eigenvalue weighted by atomic mass is 16.2. The molecule has 0 atom stereocenters. The van der Waals surface area contributed by atoms with Gasteiger partial charge in [-0.25, -0.2) is 9.67 Å². The highest BCUT2D eigenvalue weighted by Gasteiger charge is 2.07. The molecule has 0 saturated heterocycles. The molecular formula is C13H13N5O. The van der Waals surface area contributed by atoms with Gasteiger partial charge in [0.25, 0.3) is 11.7 Å². The molecule has 2 aromatic rings. The summed E-state index contributed by atoms with van der Waals surface area (Å²) < 4.78 is 1.58. The van der Waals surface area contributed by atoms with Crippen LogP contribution in [0.2, 0.25) is 0 Å². The predicted molar refractivity (Wildman–Crippen MR) is 68.3 cm³/mol. The Hall–Kier alpha value is -2.68. The van der Waals surface area contributed by atoms with Crippen LogP contribution in [-0.2, 0) is 6.54 Å². The Morgan fingerprint density at radius 3 is 2.58 bits per heavy atom. The van der Waals surface area contributed by atoms with Crippen molar-refractivity contribution in [1.82, 2.24) is 19.7 Å². The van der Waals surface area contributed by atoms with E-state index in [1.807, 2.05) is 18.2 Å². The molecule has 0 aliphatic carbocycles. The minimum Gasteiger partial charge on any atom is -0.345 e. The molecule has 0 aliphatic rings. The summed E-state index contributed by atoms with van der Waals surface area (Å²) in [4.78, 5) is 17.1. The van der Waals surface area contributed by atoms with Gasteiger partial charge in [0, 0.05) is 19.7 Å². The zero-order valence-corrected chi connectivity index (χ0v) is 10.7. The predicted octanol–water partition coefficient (Wildman–Crippen LogP) is 0.900. The SMILES string of the molecule is CN(C)C(=O)c1ccc(Cn2cnc(C#N)n2)cc1. The van der Waals surface area contributed by atoms with Crippen molar-refractivity contribution in [2.24, 2.45) is 0 Å². The number of amides is 1. The first-order valence-electron chi connectivity index (χ1n) is 5.70. The monoisotopic (exact) mass is 255 g/mol. The molecule has 0 fully saturated rings. The van der Waals surface area contributed by atoms with Crippen LogP contribution in [0.4, 0.5) is 0 Å². The fraction of sp³-hybridized carbons (Fsp3) is 0.231. The summed E-state index contributed by atoms with van der Waals surface area (Å²) in [5.74, 6) is 0.124. The minimum absolute atomic E-state index is 0.0286. The van der Waals surface area contributed by atoms with Gasteiger partial charge in [-0.3, -0.25) is 4.79 Å². The average Bonchev–Trinajstić information content (AvgIpc) is 2.86. The molecule has 96 valence electrons. The molecule has 1 amide bonds. The Balaban J connectivity index is 2.11. The van der Waals surface area contributed by atoms with Crippen LogP contribution in [0.1, 0.15) is 21.7 Å². The molecule has 1 aromatic carbocycles. The van der Waals surface area contributed by atoms with Crippen molar-refractivity contribution in [1.29, 1.82) is 5.26 Å². The Labute approximate surface area is 110 Å². The van der Waals surface area contributed by atoms with Gasteiger partial charge in [-0.15, -0.1) is 5.10 Å². The van der Waals surface area contributed by atoms with Crippen LogP contribution in [0.5, 0.6) is 0 Å². The lowest BCUT2D eigenvalue weighted by Crippen LogP contribution is -2.21. The normalized spacial score (nSPS) is 9.95. The number of carbonyl (C=O) groups excluding carboxylic acids is 1. The van der Waals surface area contributed by atoms with E-state index in [4.69, 9.17) is 5.26 Å². The first kappa shape index (κ1) is 12.8. The van der Waals surface area contributed by atoms with E-state index in [0.717, 1.165) is 5.56 Å². The zero-order valence-electron chi connectivity index (χ0n) is 10.7. The molecule has 0 bridgehead atoms. The molecule has 0 N–H and O–H groups in total. The molecule has 1 aromatic heterocycles. The molecule has 1 heterocycles. The van der Waals surface area contributed by atoms with Crippen LogP contribution in [0.25, 0.3) is 0 Å². The van der Waals surface area contributed by atoms with Crippen molar-refractivity contribution in [3.05, 3.63) is 47.5 Å². The van der Waals surface area contributed by atoms with Gasteiger partial charge in [-0.1, -0.05) is 12.1 Å². The van der Waals surface area contributed by atoms with Gasteiger partial charge in [0.05, 0.1) is 6.54 Å². The lowest BCUT2D eigenvalue weighted by Gasteiger charge is -2.10. The van der Waals surface area contributed by atoms with Gasteiger partial charge in [-0.05, 0) is 17.7 Å². The van der Waals surface area contributed by atoms with E-state index in [2.05, 4.69) is 10.1 Å². The molecule has 6 nitrogen and oxygen atoms in total. The average molecular weight is 255 g/mol. The maximum absolute atomic E-state index is 11.7. The summed E-state index contributed by atoms with van der Waals surface area (Å²) in [6.45, 7) is 0.519. The van der Waals surface area contributed by atoms with Crippen molar-refractivity contribution >= 4 is 5.91 Å². The fourth-order valence-electron chi connectivity index (χ4n) is 1.62. The van der Waals surface area contributed by atoms with E-state index in [9.17, 15) is 4.79 Å². The largest absolute Gasteiger partial charge is 0.345 e. The number of aromatic nitrogens is 3. The van der Waals surface area contributed by atoms with Crippen LogP contribution in [-0.4, -0.2) is 39.7 Å². The van der Waals surface area contributed by atoms with Crippen molar-refractivity contribution < 1.29 is 4.79 Å². The number of nitriles is 1. The summed E-state index contributed by atoms with van der Waals surface area (Å²) in [5.41, 5.74) is 1.63. The standard InChI is InChI=1S/C13H13N5O/c1-17(2)13(19)11-5-3-10(4-6-11)8-18-9-15-12(7-14)16-18/h3-6,9H,8H2,1-2H3. The molecule has 0 aliphatic heterocycles. The Morgan fingerprint density at radius 2 is 2.05 bits per heavy atom. The lowest BCUT2D eigenvalue weighted by atomic mass is 10.1. The number of rotatable bonds is 3. The van der Waals surface area contributed by atoms with Gasteiger partial charge in [0.1, 0.15) is 12.4 Å². The van der Waals surface area contributed by atoms with Gasteiger partial charge in [0.15, 0.2) is 0 Å². The van der Waals surface area contributed by atoms with E-state index in [1.54, 1.807) is 30.9 Å². The Kier molecular flexibility index (Phi) is 3.57. The second-order valence-corrected chi connectivity index (χ2v) is 4.27. The van der Waals surface area contributed by atoms with Crippen LogP contribution >= 0.6 is 0 Å². The third-order valence-electron chi connectivity index (χ3n) is 2.59. The third kappa shape index (κ3) is 2.96. The molecule has 0 radical (unpaired) electrons. The summed E-state index contributed by atoms with van der Waals surface area (Å²) in [5, 5.41) is 12.6. The molecule has 19 heavy (non-hydrogen) atoms. The molecule has 6 heteroatoms. The summed E-state index contributed by atoms with van der Waals surface area (Å²) in [6.07, 6.45) is 1.51. The molecule has 0 saturated carbocycles. The number of carbonyl (C=O) groups is 1. The maximum Gasteiger partial charge on any atom is 0.253 e. The maximum atomic E-state index is 11.7. The van der Waals surface area contributed by atoms with E-state index in [1.165, 1.54) is 11.2 Å². The van der Waals surface area contributed by atoms with Crippen molar-refractivity contribution in [2.75, 3.05) is 14.1 Å². The smallest absolute Gasteiger partial charge is 0.253 e. The highest BCUT2D eigenvalue weighted by Crippen LogP contribution is 2.07. The highest BCUT2D eigenvalue weighted by molar-refractivity contribution is 5.93. The summed E-state index contributed by atoms with van der Waals surface area (Å²) in [6, 6.07) is 9.16. The second kappa shape index (κ2) is 5.31. The van der Waals surface area contributed by atoms with Gasteiger partial charge < -0.3 is 4.90 Å². The quantitative estimate of drug-likeness (QED) is 0.816. The Morgan fingerprint density at radius 1 is 1.37 bits per heavy atom. The first-order valence-corrected chi connectivity index (χ1v) is 5.70. The van der Waals surface area contributed by atoms with Crippen LogP contribution in [0.3, 0.4) is 0 Å². The molecule has 2 rings (SSSR count). The fourth-order valence-corrected chi connectivity index (χ4v) is 1.62. The Bertz CT molecular complexity index is 621.